The molecule has 1 aromatic carbocycles. The second kappa shape index (κ2) is 8.51. The van der Waals surface area contributed by atoms with E-state index in [0.717, 1.165) is 36.5 Å². The Morgan fingerprint density at radius 1 is 1.00 bits per heavy atom. The van der Waals surface area contributed by atoms with Crippen molar-refractivity contribution in [2.45, 2.75) is 37.8 Å². The number of rotatable bonds is 6. The Bertz CT molecular complexity index is 1050. The maximum absolute atomic E-state index is 10.6. The summed E-state index contributed by atoms with van der Waals surface area (Å²) in [6.45, 7) is 1.96. The fraction of sp³-hybridized carbons (Fsp3) is 0.375. The van der Waals surface area contributed by atoms with Gasteiger partial charge in [0.1, 0.15) is 11.5 Å². The topological polar surface area (TPSA) is 83.4 Å². The average Bonchev–Trinajstić information content (AvgIpc) is 3.25. The highest BCUT2D eigenvalue weighted by Gasteiger charge is 2.27. The van der Waals surface area contributed by atoms with E-state index < -0.39 is 0 Å². The van der Waals surface area contributed by atoms with Gasteiger partial charge in [0, 0.05) is 42.5 Å². The van der Waals surface area contributed by atoms with Crippen molar-refractivity contribution < 1.29 is 9.84 Å². The summed E-state index contributed by atoms with van der Waals surface area (Å²) in [5.41, 5.74) is 3.05. The van der Waals surface area contributed by atoms with E-state index in [1.165, 1.54) is 19.3 Å². The first-order valence-electron chi connectivity index (χ1n) is 10.9. The summed E-state index contributed by atoms with van der Waals surface area (Å²) in [6.07, 6.45) is 8.51. The van der Waals surface area contributed by atoms with Gasteiger partial charge in [0.15, 0.2) is 5.82 Å². The zero-order valence-electron chi connectivity index (χ0n) is 17.7. The molecule has 3 aromatic rings. The Morgan fingerprint density at radius 3 is 2.61 bits per heavy atom. The highest BCUT2D eigenvalue weighted by molar-refractivity contribution is 5.74. The van der Waals surface area contributed by atoms with Crippen LogP contribution in [0.15, 0.2) is 48.8 Å². The van der Waals surface area contributed by atoms with E-state index in [4.69, 9.17) is 4.74 Å². The van der Waals surface area contributed by atoms with Gasteiger partial charge < -0.3 is 20.1 Å². The van der Waals surface area contributed by atoms with Crippen molar-refractivity contribution in [3.8, 4) is 33.9 Å². The van der Waals surface area contributed by atoms with Crippen molar-refractivity contribution in [3.05, 3.63) is 48.8 Å². The first kappa shape index (κ1) is 19.8. The number of benzene rings is 1. The minimum Gasteiger partial charge on any atom is -0.507 e. The van der Waals surface area contributed by atoms with Crippen molar-refractivity contribution in [3.63, 3.8) is 0 Å². The second-order valence-electron chi connectivity index (χ2n) is 8.35. The van der Waals surface area contributed by atoms with Crippen LogP contribution >= 0.6 is 0 Å². The van der Waals surface area contributed by atoms with E-state index in [2.05, 4.69) is 25.4 Å². The molecule has 7 heteroatoms. The molecule has 0 amide bonds. The molecule has 2 N–H and O–H groups in total. The largest absolute Gasteiger partial charge is 0.507 e. The van der Waals surface area contributed by atoms with Gasteiger partial charge in [-0.25, -0.2) is 0 Å². The molecule has 1 atom stereocenters. The standard InChI is InChI=1S/C24H27N5O2/c1-31-20-11-17(13-25-14-20)16-5-6-21(23(30)12-16)22-7-8-24(28-27-22)29-10-9-19(15-29)26-18-3-2-4-18/h5-8,11-14,18-19,26,30H,2-4,9-10,15H2,1H3/t19-/m0/s1. The van der Waals surface area contributed by atoms with E-state index in [1.807, 2.05) is 30.3 Å². The summed E-state index contributed by atoms with van der Waals surface area (Å²) in [6, 6.07) is 12.6. The molecule has 5 rings (SSSR count). The molecule has 0 unspecified atom stereocenters. The maximum Gasteiger partial charge on any atom is 0.151 e. The fourth-order valence-corrected chi connectivity index (χ4v) is 4.27. The normalized spacial score (nSPS) is 18.7. The predicted octanol–water partition coefficient (Wildman–Crippen LogP) is 3.64. The van der Waals surface area contributed by atoms with Crippen LogP contribution in [0.25, 0.3) is 22.4 Å². The highest BCUT2D eigenvalue weighted by Crippen LogP contribution is 2.33. The summed E-state index contributed by atoms with van der Waals surface area (Å²) in [4.78, 5) is 6.46. The number of nitrogens with zero attached hydrogens (tertiary/aromatic N) is 4. The van der Waals surface area contributed by atoms with Gasteiger partial charge in [0.25, 0.3) is 0 Å². The number of ether oxygens (including phenoxy) is 1. The lowest BCUT2D eigenvalue weighted by molar-refractivity contribution is 0.311. The molecule has 3 heterocycles. The monoisotopic (exact) mass is 417 g/mol. The molecule has 0 spiro atoms. The van der Waals surface area contributed by atoms with Crippen LogP contribution in [0, 0.1) is 0 Å². The zero-order valence-corrected chi connectivity index (χ0v) is 17.7. The van der Waals surface area contributed by atoms with E-state index in [9.17, 15) is 5.11 Å². The van der Waals surface area contributed by atoms with Crippen molar-refractivity contribution >= 4 is 5.82 Å². The van der Waals surface area contributed by atoms with Gasteiger partial charge in [0.2, 0.25) is 0 Å². The van der Waals surface area contributed by atoms with Crippen molar-refractivity contribution in [2.75, 3.05) is 25.1 Å². The van der Waals surface area contributed by atoms with Crippen LogP contribution in [0.2, 0.25) is 0 Å². The van der Waals surface area contributed by atoms with Crippen LogP contribution in [0.3, 0.4) is 0 Å². The van der Waals surface area contributed by atoms with Gasteiger partial charge in [-0.15, -0.1) is 10.2 Å². The van der Waals surface area contributed by atoms with E-state index in [0.29, 0.717) is 29.1 Å². The maximum atomic E-state index is 10.6. The highest BCUT2D eigenvalue weighted by atomic mass is 16.5. The number of methoxy groups -OCH3 is 1. The van der Waals surface area contributed by atoms with Crippen LogP contribution in [0.5, 0.6) is 11.5 Å². The third kappa shape index (κ3) is 4.18. The first-order valence-corrected chi connectivity index (χ1v) is 10.9. The molecule has 2 aromatic heterocycles. The summed E-state index contributed by atoms with van der Waals surface area (Å²) in [5.74, 6) is 1.73. The minimum atomic E-state index is 0.160. The van der Waals surface area contributed by atoms with Crippen molar-refractivity contribution in [2.24, 2.45) is 0 Å². The molecule has 2 fully saturated rings. The number of phenols is 1. The zero-order chi connectivity index (χ0) is 21.2. The second-order valence-corrected chi connectivity index (χ2v) is 8.35. The summed E-state index contributed by atoms with van der Waals surface area (Å²) in [7, 11) is 1.61. The molecular weight excluding hydrogens is 390 g/mol. The number of nitrogens with one attached hydrogen (secondary N) is 1. The number of aromatic nitrogens is 3. The van der Waals surface area contributed by atoms with Gasteiger partial charge >= 0.3 is 0 Å². The van der Waals surface area contributed by atoms with Gasteiger partial charge in [-0.2, -0.15) is 0 Å². The Hall–Kier alpha value is -3.19. The Morgan fingerprint density at radius 2 is 1.90 bits per heavy atom. The summed E-state index contributed by atoms with van der Waals surface area (Å²) < 4.78 is 5.24. The van der Waals surface area contributed by atoms with E-state index in [-0.39, 0.29) is 5.75 Å². The average molecular weight is 418 g/mol. The number of hydrogen-bond donors (Lipinski definition) is 2. The molecule has 31 heavy (non-hydrogen) atoms. The quantitative estimate of drug-likeness (QED) is 0.633. The lowest BCUT2D eigenvalue weighted by atomic mass is 9.92. The minimum absolute atomic E-state index is 0.160. The lowest BCUT2D eigenvalue weighted by Crippen LogP contribution is -2.43. The summed E-state index contributed by atoms with van der Waals surface area (Å²) >= 11 is 0. The van der Waals surface area contributed by atoms with Gasteiger partial charge in [-0.1, -0.05) is 12.5 Å². The van der Waals surface area contributed by atoms with E-state index >= 15 is 0 Å². The molecule has 0 bridgehead atoms. The van der Waals surface area contributed by atoms with Gasteiger partial charge in [0.05, 0.1) is 19.0 Å². The first-order chi connectivity index (χ1) is 15.2. The number of phenolic OH excluding ortho intramolecular Hbond substituents is 1. The molecule has 0 radical (unpaired) electrons. The molecule has 1 aliphatic carbocycles. The number of pyridine rings is 1. The van der Waals surface area contributed by atoms with E-state index in [1.54, 1.807) is 25.6 Å². The smallest absolute Gasteiger partial charge is 0.151 e. The molecule has 160 valence electrons. The molecule has 2 aliphatic rings. The third-order valence-corrected chi connectivity index (χ3v) is 6.30. The number of aromatic hydroxyl groups is 1. The van der Waals surface area contributed by atoms with Crippen LogP contribution in [0.1, 0.15) is 25.7 Å². The third-order valence-electron chi connectivity index (χ3n) is 6.30. The van der Waals surface area contributed by atoms with Crippen LogP contribution < -0.4 is 15.0 Å². The van der Waals surface area contributed by atoms with Crippen molar-refractivity contribution in [1.29, 1.82) is 0 Å². The molecular formula is C24H27N5O2. The number of anilines is 1. The van der Waals surface area contributed by atoms with Crippen LogP contribution in [-0.4, -0.2) is 52.6 Å². The summed E-state index contributed by atoms with van der Waals surface area (Å²) in [5, 5.41) is 23.2. The van der Waals surface area contributed by atoms with Crippen LogP contribution in [-0.2, 0) is 0 Å². The molecule has 1 saturated carbocycles. The van der Waals surface area contributed by atoms with Gasteiger partial charge in [-0.3, -0.25) is 4.98 Å². The SMILES string of the molecule is COc1cncc(-c2ccc(-c3ccc(N4CC[C@H](NC5CCC5)C4)nn3)c(O)c2)c1. The number of hydrogen-bond acceptors (Lipinski definition) is 7. The fourth-order valence-electron chi connectivity index (χ4n) is 4.27. The Balaban J connectivity index is 1.29. The Labute approximate surface area is 182 Å². The van der Waals surface area contributed by atoms with Crippen LogP contribution in [0.4, 0.5) is 5.82 Å². The van der Waals surface area contributed by atoms with Crippen molar-refractivity contribution in [1.82, 2.24) is 20.5 Å². The molecule has 1 aliphatic heterocycles. The molecule has 7 nitrogen and oxygen atoms in total. The van der Waals surface area contributed by atoms with Gasteiger partial charge in [-0.05, 0) is 55.2 Å². The Kier molecular flexibility index (Phi) is 5.42. The lowest BCUT2D eigenvalue weighted by Gasteiger charge is -2.29. The predicted molar refractivity (Wildman–Crippen MR) is 120 cm³/mol. The molecule has 1 saturated heterocycles.